The normalized spacial score (nSPS) is 30.9. The first-order valence-corrected chi connectivity index (χ1v) is 10.3. The minimum absolute atomic E-state index is 0.0710. The Bertz CT molecular complexity index is 902. The number of hydrogen-bond acceptors (Lipinski definition) is 6. The predicted octanol–water partition coefficient (Wildman–Crippen LogP) is 0.666. The van der Waals surface area contributed by atoms with Crippen LogP contribution in [0.3, 0.4) is 0 Å². The number of carbonyl (C=O) groups excluding carboxylic acids is 2. The Kier molecular flexibility index (Phi) is 5.49. The SMILES string of the molecule is C=CCN(C(=O)C1N(CCO)C(=O)[C@@H]2[C@@H](C(=O)O)[C@H]3CCC12O3)c1ccc(OC)cc1. The number of anilines is 1. The van der Waals surface area contributed by atoms with Crippen LogP contribution in [0.25, 0.3) is 0 Å². The molecule has 1 aromatic carbocycles. The van der Waals surface area contributed by atoms with Crippen molar-refractivity contribution in [2.75, 3.05) is 31.7 Å². The first kappa shape index (κ1) is 21.3. The van der Waals surface area contributed by atoms with Crippen LogP contribution in [0.1, 0.15) is 12.8 Å². The van der Waals surface area contributed by atoms with Gasteiger partial charge in [0.1, 0.15) is 17.4 Å². The van der Waals surface area contributed by atoms with Gasteiger partial charge in [0.05, 0.1) is 31.7 Å². The fourth-order valence-electron chi connectivity index (χ4n) is 5.42. The van der Waals surface area contributed by atoms with E-state index in [2.05, 4.69) is 6.58 Å². The highest BCUT2D eigenvalue weighted by Gasteiger charge is 2.74. The number of β-amino-alcohol motifs (C(OH)–C–C–N with tert-alkyl or cyclic N) is 1. The largest absolute Gasteiger partial charge is 0.497 e. The topological polar surface area (TPSA) is 117 Å². The zero-order valence-electron chi connectivity index (χ0n) is 17.3. The number of ether oxygens (including phenoxy) is 2. The van der Waals surface area contributed by atoms with E-state index in [1.165, 1.54) is 9.80 Å². The summed E-state index contributed by atoms with van der Waals surface area (Å²) >= 11 is 0. The van der Waals surface area contributed by atoms with E-state index in [1.54, 1.807) is 37.5 Å². The van der Waals surface area contributed by atoms with Crippen LogP contribution >= 0.6 is 0 Å². The van der Waals surface area contributed by atoms with Crippen LogP contribution in [0.15, 0.2) is 36.9 Å². The zero-order valence-corrected chi connectivity index (χ0v) is 17.3. The highest BCUT2D eigenvalue weighted by Crippen LogP contribution is 2.58. The van der Waals surface area contributed by atoms with E-state index in [9.17, 15) is 24.6 Å². The number of nitrogens with zero attached hydrogens (tertiary/aromatic N) is 2. The molecule has 2 bridgehead atoms. The molecule has 2 unspecified atom stereocenters. The molecule has 2 N–H and O–H groups in total. The molecular formula is C22H26N2O7. The number of rotatable bonds is 8. The highest BCUT2D eigenvalue weighted by molar-refractivity contribution is 6.04. The molecule has 1 spiro atoms. The standard InChI is InChI=1S/C22H26N2O7/c1-3-10-23(13-4-6-14(30-2)7-5-13)20(27)18-22-9-8-15(31-22)16(21(28)29)17(22)19(26)24(18)11-12-25/h3-7,15-18,25H,1,8-12H2,2H3,(H,28,29)/t15-,16+,17+,18?,22?/m1/s1. The summed E-state index contributed by atoms with van der Waals surface area (Å²) in [7, 11) is 1.55. The third kappa shape index (κ3) is 3.11. The molecule has 4 rings (SSSR count). The molecule has 9 nitrogen and oxygen atoms in total. The van der Waals surface area contributed by atoms with Crippen molar-refractivity contribution in [2.45, 2.75) is 30.6 Å². The van der Waals surface area contributed by atoms with Crippen molar-refractivity contribution in [2.24, 2.45) is 11.8 Å². The summed E-state index contributed by atoms with van der Waals surface area (Å²) in [4.78, 5) is 41.8. The van der Waals surface area contributed by atoms with Crippen LogP contribution in [0.5, 0.6) is 5.75 Å². The quantitative estimate of drug-likeness (QED) is 0.582. The van der Waals surface area contributed by atoms with Crippen molar-refractivity contribution in [3.8, 4) is 5.75 Å². The van der Waals surface area contributed by atoms with Crippen molar-refractivity contribution >= 4 is 23.5 Å². The molecule has 3 aliphatic heterocycles. The summed E-state index contributed by atoms with van der Waals surface area (Å²) in [6, 6.07) is 5.89. The maximum Gasteiger partial charge on any atom is 0.310 e. The monoisotopic (exact) mass is 430 g/mol. The Labute approximate surface area is 179 Å². The summed E-state index contributed by atoms with van der Waals surface area (Å²) in [5.74, 6) is -3.23. The van der Waals surface area contributed by atoms with E-state index in [0.717, 1.165) is 0 Å². The number of aliphatic hydroxyl groups is 1. The molecule has 9 heteroatoms. The maximum absolute atomic E-state index is 13.9. The van der Waals surface area contributed by atoms with Gasteiger partial charge in [-0.3, -0.25) is 14.4 Å². The van der Waals surface area contributed by atoms with Gasteiger partial charge >= 0.3 is 5.97 Å². The number of carbonyl (C=O) groups is 3. The fraction of sp³-hybridized carbons (Fsp3) is 0.500. The maximum atomic E-state index is 13.9. The average molecular weight is 430 g/mol. The summed E-state index contributed by atoms with van der Waals surface area (Å²) in [6.07, 6.45) is 1.88. The molecule has 31 heavy (non-hydrogen) atoms. The zero-order chi connectivity index (χ0) is 22.3. The van der Waals surface area contributed by atoms with Gasteiger partial charge in [-0.15, -0.1) is 6.58 Å². The molecule has 0 aromatic heterocycles. The van der Waals surface area contributed by atoms with Gasteiger partial charge in [-0.2, -0.15) is 0 Å². The van der Waals surface area contributed by atoms with E-state index in [1.807, 2.05) is 0 Å². The van der Waals surface area contributed by atoms with Crippen LogP contribution in [0.4, 0.5) is 5.69 Å². The third-order valence-electron chi connectivity index (χ3n) is 6.62. The van der Waals surface area contributed by atoms with E-state index >= 15 is 0 Å². The first-order chi connectivity index (χ1) is 14.9. The van der Waals surface area contributed by atoms with Crippen molar-refractivity contribution in [1.82, 2.24) is 4.90 Å². The Morgan fingerprint density at radius 2 is 2.10 bits per heavy atom. The van der Waals surface area contributed by atoms with Gasteiger partial charge in [-0.05, 0) is 37.1 Å². The van der Waals surface area contributed by atoms with Gasteiger partial charge in [0.15, 0.2) is 0 Å². The van der Waals surface area contributed by atoms with Gasteiger partial charge in [0, 0.05) is 18.8 Å². The highest BCUT2D eigenvalue weighted by atomic mass is 16.5. The molecule has 0 aliphatic carbocycles. The molecular weight excluding hydrogens is 404 g/mol. The van der Waals surface area contributed by atoms with E-state index in [0.29, 0.717) is 24.3 Å². The van der Waals surface area contributed by atoms with Crippen LogP contribution in [0.2, 0.25) is 0 Å². The molecule has 0 radical (unpaired) electrons. The number of carboxylic acids is 1. The minimum atomic E-state index is -1.21. The van der Waals surface area contributed by atoms with E-state index < -0.39 is 41.5 Å². The van der Waals surface area contributed by atoms with E-state index in [4.69, 9.17) is 9.47 Å². The smallest absolute Gasteiger partial charge is 0.310 e. The van der Waals surface area contributed by atoms with Crippen molar-refractivity contribution in [3.63, 3.8) is 0 Å². The summed E-state index contributed by atoms with van der Waals surface area (Å²) < 4.78 is 11.3. The second-order valence-corrected chi connectivity index (χ2v) is 8.08. The van der Waals surface area contributed by atoms with Gasteiger partial charge in [-0.25, -0.2) is 0 Å². The van der Waals surface area contributed by atoms with Gasteiger partial charge in [0.25, 0.3) is 5.91 Å². The fourth-order valence-corrected chi connectivity index (χ4v) is 5.42. The van der Waals surface area contributed by atoms with Crippen LogP contribution in [0, 0.1) is 11.8 Å². The molecule has 5 atom stereocenters. The summed E-state index contributed by atoms with van der Waals surface area (Å²) in [5, 5.41) is 19.3. The van der Waals surface area contributed by atoms with E-state index in [-0.39, 0.29) is 25.6 Å². The number of fused-ring (bicyclic) bond motifs is 1. The molecule has 3 aliphatic rings. The molecule has 3 heterocycles. The second-order valence-electron chi connectivity index (χ2n) is 8.08. The minimum Gasteiger partial charge on any atom is -0.497 e. The summed E-state index contributed by atoms with van der Waals surface area (Å²) in [5.41, 5.74) is -0.618. The molecule has 166 valence electrons. The molecule has 3 saturated heterocycles. The number of aliphatic hydroxyl groups excluding tert-OH is 1. The Morgan fingerprint density at radius 1 is 1.39 bits per heavy atom. The molecule has 2 amide bonds. The van der Waals surface area contributed by atoms with Crippen LogP contribution < -0.4 is 9.64 Å². The lowest BCUT2D eigenvalue weighted by molar-refractivity contribution is -0.149. The first-order valence-electron chi connectivity index (χ1n) is 10.3. The van der Waals surface area contributed by atoms with Gasteiger partial charge in [-0.1, -0.05) is 6.08 Å². The number of benzene rings is 1. The van der Waals surface area contributed by atoms with Gasteiger partial charge < -0.3 is 29.5 Å². The van der Waals surface area contributed by atoms with Crippen molar-refractivity contribution < 1.29 is 34.1 Å². The lowest BCUT2D eigenvalue weighted by atomic mass is 9.70. The number of likely N-dealkylation sites (tertiary alicyclic amines) is 1. The Balaban J connectivity index is 1.75. The Morgan fingerprint density at radius 3 is 2.68 bits per heavy atom. The molecule has 0 saturated carbocycles. The van der Waals surface area contributed by atoms with Gasteiger partial charge in [0.2, 0.25) is 5.91 Å². The van der Waals surface area contributed by atoms with Crippen molar-refractivity contribution in [1.29, 1.82) is 0 Å². The number of aliphatic carboxylic acids is 1. The number of methoxy groups -OCH3 is 1. The van der Waals surface area contributed by atoms with Crippen LogP contribution in [-0.4, -0.2) is 77.4 Å². The molecule has 3 fully saturated rings. The summed E-state index contributed by atoms with van der Waals surface area (Å²) in [6.45, 7) is 3.51. The Hall–Kier alpha value is -2.91. The number of amides is 2. The predicted molar refractivity (Wildman–Crippen MR) is 110 cm³/mol. The number of carboxylic acid groups (broad SMARTS) is 1. The lowest BCUT2D eigenvalue weighted by Gasteiger charge is -2.36. The van der Waals surface area contributed by atoms with Crippen molar-refractivity contribution in [3.05, 3.63) is 36.9 Å². The number of hydrogen-bond donors (Lipinski definition) is 2. The lowest BCUT2D eigenvalue weighted by Crippen LogP contribution is -2.56. The third-order valence-corrected chi connectivity index (χ3v) is 6.62. The average Bonchev–Trinajstić information content (AvgIpc) is 3.40. The molecule has 1 aromatic rings. The second kappa shape index (κ2) is 7.97. The van der Waals surface area contributed by atoms with Crippen LogP contribution in [-0.2, 0) is 19.1 Å².